The van der Waals surface area contributed by atoms with Gasteiger partial charge in [0.15, 0.2) is 0 Å². The first kappa shape index (κ1) is 19.4. The summed E-state index contributed by atoms with van der Waals surface area (Å²) in [4.78, 5) is 0. The first-order valence-corrected chi connectivity index (χ1v) is 10.1. The van der Waals surface area contributed by atoms with E-state index in [1.165, 1.54) is 21.9 Å². The van der Waals surface area contributed by atoms with Gasteiger partial charge in [-0.1, -0.05) is 74.5 Å². The normalized spacial score (nSPS) is 11.2. The van der Waals surface area contributed by atoms with E-state index in [2.05, 4.69) is 85.9 Å². The SMILES string of the molecule is CC(C)CCOc1ccc2ccccc2c1CNCCCc1ccccc1. The number of hydrogen-bond donors (Lipinski definition) is 1. The minimum absolute atomic E-state index is 0.657. The van der Waals surface area contributed by atoms with Crippen molar-refractivity contribution in [3.8, 4) is 5.75 Å². The van der Waals surface area contributed by atoms with Crippen LogP contribution in [0.1, 0.15) is 37.8 Å². The molecule has 0 radical (unpaired) electrons. The molecular weight excluding hydrogens is 330 g/mol. The molecule has 0 fully saturated rings. The summed E-state index contributed by atoms with van der Waals surface area (Å²) in [6, 6.07) is 23.6. The Labute approximate surface area is 163 Å². The van der Waals surface area contributed by atoms with Gasteiger partial charge in [0.05, 0.1) is 6.61 Å². The van der Waals surface area contributed by atoms with Crippen LogP contribution < -0.4 is 10.1 Å². The molecule has 0 unspecified atom stereocenters. The van der Waals surface area contributed by atoms with Gasteiger partial charge in [0.2, 0.25) is 0 Å². The molecule has 3 aromatic rings. The second-order valence-electron chi connectivity index (χ2n) is 7.56. The lowest BCUT2D eigenvalue weighted by molar-refractivity contribution is 0.287. The van der Waals surface area contributed by atoms with Crippen LogP contribution >= 0.6 is 0 Å². The third-order valence-electron chi connectivity index (χ3n) is 4.91. The summed E-state index contributed by atoms with van der Waals surface area (Å²) < 4.78 is 6.14. The third kappa shape index (κ3) is 5.83. The Morgan fingerprint density at radius 2 is 1.67 bits per heavy atom. The molecule has 0 spiro atoms. The van der Waals surface area contributed by atoms with Crippen LogP contribution in [-0.4, -0.2) is 13.2 Å². The highest BCUT2D eigenvalue weighted by Crippen LogP contribution is 2.28. The molecule has 2 nitrogen and oxygen atoms in total. The van der Waals surface area contributed by atoms with Crippen LogP contribution in [0.3, 0.4) is 0 Å². The molecule has 0 aliphatic heterocycles. The van der Waals surface area contributed by atoms with Crippen molar-refractivity contribution >= 4 is 10.8 Å². The van der Waals surface area contributed by atoms with Gasteiger partial charge in [0.1, 0.15) is 5.75 Å². The summed E-state index contributed by atoms with van der Waals surface area (Å²) in [5, 5.41) is 6.18. The van der Waals surface area contributed by atoms with Crippen LogP contribution in [0.5, 0.6) is 5.75 Å². The van der Waals surface area contributed by atoms with E-state index in [1.54, 1.807) is 0 Å². The van der Waals surface area contributed by atoms with Gasteiger partial charge in [-0.05, 0) is 54.1 Å². The number of benzene rings is 3. The van der Waals surface area contributed by atoms with Gasteiger partial charge >= 0.3 is 0 Å². The molecule has 0 atom stereocenters. The van der Waals surface area contributed by atoms with Crippen molar-refractivity contribution in [3.05, 3.63) is 77.9 Å². The zero-order chi connectivity index (χ0) is 18.9. The van der Waals surface area contributed by atoms with E-state index < -0.39 is 0 Å². The molecule has 0 saturated carbocycles. The maximum atomic E-state index is 6.14. The van der Waals surface area contributed by atoms with E-state index in [-0.39, 0.29) is 0 Å². The van der Waals surface area contributed by atoms with Gasteiger partial charge in [-0.2, -0.15) is 0 Å². The average molecular weight is 362 g/mol. The number of fused-ring (bicyclic) bond motifs is 1. The van der Waals surface area contributed by atoms with Crippen molar-refractivity contribution in [2.45, 2.75) is 39.7 Å². The Hall–Kier alpha value is -2.32. The fourth-order valence-corrected chi connectivity index (χ4v) is 3.31. The lowest BCUT2D eigenvalue weighted by Gasteiger charge is -2.16. The second-order valence-corrected chi connectivity index (χ2v) is 7.56. The van der Waals surface area contributed by atoms with E-state index in [9.17, 15) is 0 Å². The Bertz CT molecular complexity index is 826. The Balaban J connectivity index is 1.62. The minimum Gasteiger partial charge on any atom is -0.493 e. The second kappa shape index (κ2) is 10.1. The first-order valence-electron chi connectivity index (χ1n) is 10.1. The number of hydrogen-bond acceptors (Lipinski definition) is 2. The third-order valence-corrected chi connectivity index (χ3v) is 4.91. The summed E-state index contributed by atoms with van der Waals surface area (Å²) >= 11 is 0. The lowest BCUT2D eigenvalue weighted by Crippen LogP contribution is -2.16. The molecule has 0 heterocycles. The van der Waals surface area contributed by atoms with E-state index in [1.807, 2.05) is 0 Å². The summed E-state index contributed by atoms with van der Waals surface area (Å²) in [5.41, 5.74) is 2.68. The van der Waals surface area contributed by atoms with Crippen molar-refractivity contribution < 1.29 is 4.74 Å². The van der Waals surface area contributed by atoms with Crippen molar-refractivity contribution in [1.29, 1.82) is 0 Å². The van der Waals surface area contributed by atoms with Gasteiger partial charge in [-0.3, -0.25) is 0 Å². The zero-order valence-electron chi connectivity index (χ0n) is 16.6. The molecule has 1 N–H and O–H groups in total. The Morgan fingerprint density at radius 3 is 2.48 bits per heavy atom. The lowest BCUT2D eigenvalue weighted by atomic mass is 10.0. The summed E-state index contributed by atoms with van der Waals surface area (Å²) in [6.07, 6.45) is 3.33. The summed E-state index contributed by atoms with van der Waals surface area (Å²) in [6.45, 7) is 7.09. The van der Waals surface area contributed by atoms with E-state index in [4.69, 9.17) is 4.74 Å². The Morgan fingerprint density at radius 1 is 0.889 bits per heavy atom. The fraction of sp³-hybridized carbons (Fsp3) is 0.360. The van der Waals surface area contributed by atoms with Gasteiger partial charge < -0.3 is 10.1 Å². The first-order chi connectivity index (χ1) is 13.2. The molecule has 27 heavy (non-hydrogen) atoms. The maximum absolute atomic E-state index is 6.14. The Kier molecular flexibility index (Phi) is 7.29. The number of rotatable bonds is 10. The van der Waals surface area contributed by atoms with Crippen LogP contribution in [0.25, 0.3) is 10.8 Å². The number of aryl methyl sites for hydroxylation is 1. The topological polar surface area (TPSA) is 21.3 Å². The summed E-state index contributed by atoms with van der Waals surface area (Å²) in [5.74, 6) is 1.68. The molecule has 142 valence electrons. The van der Waals surface area contributed by atoms with E-state index in [0.717, 1.165) is 44.7 Å². The standard InChI is InChI=1S/C25H31NO/c1-20(2)16-18-27-25-15-14-22-12-6-7-13-23(22)24(25)19-26-17-8-11-21-9-4-3-5-10-21/h3-7,9-10,12-15,20,26H,8,11,16-19H2,1-2H3. The molecule has 0 aliphatic rings. The predicted molar refractivity (Wildman–Crippen MR) is 115 cm³/mol. The van der Waals surface area contributed by atoms with Crippen molar-refractivity contribution in [3.63, 3.8) is 0 Å². The van der Waals surface area contributed by atoms with Crippen LogP contribution in [0, 0.1) is 5.92 Å². The van der Waals surface area contributed by atoms with Crippen LogP contribution in [0.15, 0.2) is 66.7 Å². The van der Waals surface area contributed by atoms with Gasteiger partial charge in [0.25, 0.3) is 0 Å². The number of nitrogens with one attached hydrogen (secondary N) is 1. The highest BCUT2D eigenvalue weighted by Gasteiger charge is 2.09. The molecular formula is C25H31NO. The number of ether oxygens (including phenoxy) is 1. The predicted octanol–water partition coefficient (Wildman–Crippen LogP) is 5.99. The van der Waals surface area contributed by atoms with Gasteiger partial charge in [-0.25, -0.2) is 0 Å². The minimum atomic E-state index is 0.657. The molecule has 0 bridgehead atoms. The quantitative estimate of drug-likeness (QED) is 0.448. The van der Waals surface area contributed by atoms with Crippen LogP contribution in [0.2, 0.25) is 0 Å². The van der Waals surface area contributed by atoms with Crippen LogP contribution in [-0.2, 0) is 13.0 Å². The van der Waals surface area contributed by atoms with Gasteiger partial charge in [-0.15, -0.1) is 0 Å². The average Bonchev–Trinajstić information content (AvgIpc) is 2.69. The molecule has 3 rings (SSSR count). The highest BCUT2D eigenvalue weighted by atomic mass is 16.5. The molecule has 2 heteroatoms. The molecule has 0 saturated heterocycles. The molecule has 3 aromatic carbocycles. The van der Waals surface area contributed by atoms with Gasteiger partial charge in [0, 0.05) is 12.1 Å². The monoisotopic (exact) mass is 361 g/mol. The smallest absolute Gasteiger partial charge is 0.124 e. The molecule has 0 amide bonds. The van der Waals surface area contributed by atoms with Crippen molar-refractivity contribution in [1.82, 2.24) is 5.32 Å². The largest absolute Gasteiger partial charge is 0.493 e. The zero-order valence-corrected chi connectivity index (χ0v) is 16.6. The molecule has 0 aromatic heterocycles. The highest BCUT2D eigenvalue weighted by molar-refractivity contribution is 5.87. The van der Waals surface area contributed by atoms with E-state index in [0.29, 0.717) is 5.92 Å². The fourth-order valence-electron chi connectivity index (χ4n) is 3.31. The maximum Gasteiger partial charge on any atom is 0.124 e. The summed E-state index contributed by atoms with van der Waals surface area (Å²) in [7, 11) is 0. The van der Waals surface area contributed by atoms with Crippen molar-refractivity contribution in [2.75, 3.05) is 13.2 Å². The van der Waals surface area contributed by atoms with E-state index >= 15 is 0 Å². The van der Waals surface area contributed by atoms with Crippen molar-refractivity contribution in [2.24, 2.45) is 5.92 Å². The van der Waals surface area contributed by atoms with Crippen LogP contribution in [0.4, 0.5) is 0 Å². The molecule has 0 aliphatic carbocycles.